The summed E-state index contributed by atoms with van der Waals surface area (Å²) in [5.41, 5.74) is -0.973. The van der Waals surface area contributed by atoms with Gasteiger partial charge in [0.2, 0.25) is 0 Å². The highest BCUT2D eigenvalue weighted by Gasteiger charge is 2.44. The molecule has 0 spiro atoms. The lowest BCUT2D eigenvalue weighted by atomic mass is 9.99. The smallest absolute Gasteiger partial charge is 0.117 e. The van der Waals surface area contributed by atoms with Gasteiger partial charge in [-0.15, -0.1) is 0 Å². The minimum absolute atomic E-state index is 0.0955. The van der Waals surface area contributed by atoms with Crippen molar-refractivity contribution in [1.82, 2.24) is 0 Å². The van der Waals surface area contributed by atoms with E-state index in [-0.39, 0.29) is 13.2 Å². The molecular formula is C6H12O4. The van der Waals surface area contributed by atoms with Crippen molar-refractivity contribution in [3.63, 3.8) is 0 Å². The fourth-order valence-corrected chi connectivity index (χ4v) is 0.998. The van der Waals surface area contributed by atoms with Crippen LogP contribution >= 0.6 is 0 Å². The summed E-state index contributed by atoms with van der Waals surface area (Å²) in [4.78, 5) is 0. The summed E-state index contributed by atoms with van der Waals surface area (Å²) in [7, 11) is 0. The Morgan fingerprint density at radius 1 is 1.60 bits per heavy atom. The van der Waals surface area contributed by atoms with E-state index < -0.39 is 17.8 Å². The van der Waals surface area contributed by atoms with Crippen LogP contribution < -0.4 is 0 Å². The molecule has 60 valence electrons. The van der Waals surface area contributed by atoms with Crippen LogP contribution in [0.15, 0.2) is 0 Å². The van der Waals surface area contributed by atoms with Crippen LogP contribution in [0.25, 0.3) is 0 Å². The van der Waals surface area contributed by atoms with Crippen molar-refractivity contribution >= 4 is 0 Å². The van der Waals surface area contributed by atoms with Crippen LogP contribution in [0, 0.1) is 0 Å². The first-order valence-electron chi connectivity index (χ1n) is 3.21. The number of rotatable bonds is 1. The molecule has 1 aliphatic rings. The van der Waals surface area contributed by atoms with Crippen molar-refractivity contribution in [2.24, 2.45) is 0 Å². The lowest BCUT2D eigenvalue weighted by molar-refractivity contribution is -0.0816. The van der Waals surface area contributed by atoms with E-state index in [1.807, 2.05) is 0 Å². The minimum atomic E-state index is -0.975. The maximum absolute atomic E-state index is 9.18. The molecule has 0 saturated carbocycles. The van der Waals surface area contributed by atoms with Crippen molar-refractivity contribution in [2.75, 3.05) is 13.2 Å². The number of aliphatic hydroxyl groups is 3. The molecule has 1 heterocycles. The summed E-state index contributed by atoms with van der Waals surface area (Å²) >= 11 is 0. The van der Waals surface area contributed by atoms with Crippen LogP contribution in [0.1, 0.15) is 6.92 Å². The molecule has 0 aromatic heterocycles. The lowest BCUT2D eigenvalue weighted by Gasteiger charge is -2.24. The highest BCUT2D eigenvalue weighted by molar-refractivity contribution is 4.93. The molecule has 0 aliphatic carbocycles. The quantitative estimate of drug-likeness (QED) is 0.423. The van der Waals surface area contributed by atoms with Crippen LogP contribution in [-0.2, 0) is 4.74 Å². The lowest BCUT2D eigenvalue weighted by Crippen LogP contribution is -2.43. The van der Waals surface area contributed by atoms with Gasteiger partial charge in [0.05, 0.1) is 13.2 Å². The third kappa shape index (κ3) is 1.03. The van der Waals surface area contributed by atoms with Gasteiger partial charge in [0.1, 0.15) is 17.8 Å². The van der Waals surface area contributed by atoms with Crippen molar-refractivity contribution < 1.29 is 20.1 Å². The van der Waals surface area contributed by atoms with Crippen LogP contribution in [0.5, 0.6) is 0 Å². The standard InChI is InChI=1S/C6H12O4/c1-6(3-7)5(9)4(8)2-10-6/h4-5,7-9H,2-3H2,1H3/t4-,5-,6+/m1/s1. The maximum Gasteiger partial charge on any atom is 0.117 e. The second-order valence-electron chi connectivity index (χ2n) is 2.79. The molecule has 0 aromatic carbocycles. The Kier molecular flexibility index (Phi) is 1.96. The fourth-order valence-electron chi connectivity index (χ4n) is 0.998. The van der Waals surface area contributed by atoms with E-state index in [1.165, 1.54) is 0 Å². The van der Waals surface area contributed by atoms with Crippen LogP contribution in [0.4, 0.5) is 0 Å². The summed E-state index contributed by atoms with van der Waals surface area (Å²) in [5.74, 6) is 0. The molecule has 10 heavy (non-hydrogen) atoms. The van der Waals surface area contributed by atoms with Gasteiger partial charge >= 0.3 is 0 Å². The number of hydrogen-bond donors (Lipinski definition) is 3. The van der Waals surface area contributed by atoms with Crippen molar-refractivity contribution in [3.8, 4) is 0 Å². The van der Waals surface area contributed by atoms with Crippen LogP contribution in [0.3, 0.4) is 0 Å². The summed E-state index contributed by atoms with van der Waals surface area (Å²) in [6.45, 7) is 1.39. The monoisotopic (exact) mass is 148 g/mol. The zero-order valence-corrected chi connectivity index (χ0v) is 5.82. The molecule has 3 atom stereocenters. The van der Waals surface area contributed by atoms with Crippen LogP contribution in [-0.4, -0.2) is 46.3 Å². The second kappa shape index (κ2) is 2.47. The normalized spacial score (nSPS) is 48.0. The zero-order chi connectivity index (χ0) is 7.78. The molecule has 4 nitrogen and oxygen atoms in total. The molecule has 3 N–H and O–H groups in total. The molecule has 4 heteroatoms. The minimum Gasteiger partial charge on any atom is -0.393 e. The average Bonchev–Trinajstić information content (AvgIpc) is 2.19. The van der Waals surface area contributed by atoms with Gasteiger partial charge in [0.25, 0.3) is 0 Å². The average molecular weight is 148 g/mol. The zero-order valence-electron chi connectivity index (χ0n) is 5.82. The van der Waals surface area contributed by atoms with Crippen molar-refractivity contribution in [1.29, 1.82) is 0 Å². The Morgan fingerprint density at radius 3 is 2.40 bits per heavy atom. The third-order valence-corrected chi connectivity index (χ3v) is 1.89. The Hall–Kier alpha value is -0.160. The summed E-state index contributed by atoms with van der Waals surface area (Å²) in [6, 6.07) is 0. The highest BCUT2D eigenvalue weighted by Crippen LogP contribution is 2.24. The summed E-state index contributed by atoms with van der Waals surface area (Å²) in [6.07, 6.45) is -1.84. The van der Waals surface area contributed by atoms with Gasteiger partial charge in [0, 0.05) is 0 Å². The molecule has 0 unspecified atom stereocenters. The highest BCUT2D eigenvalue weighted by atomic mass is 16.6. The Labute approximate surface area is 59.1 Å². The van der Waals surface area contributed by atoms with Gasteiger partial charge in [-0.1, -0.05) is 0 Å². The summed E-state index contributed by atoms with van der Waals surface area (Å²) in [5, 5.41) is 26.9. The first kappa shape index (κ1) is 7.94. The number of ether oxygens (including phenoxy) is 1. The predicted octanol–water partition coefficient (Wildman–Crippen LogP) is -1.51. The Morgan fingerprint density at radius 2 is 2.20 bits per heavy atom. The van der Waals surface area contributed by atoms with E-state index >= 15 is 0 Å². The van der Waals surface area contributed by atoms with Gasteiger partial charge in [-0.25, -0.2) is 0 Å². The van der Waals surface area contributed by atoms with E-state index in [1.54, 1.807) is 6.92 Å². The first-order chi connectivity index (χ1) is 4.60. The second-order valence-corrected chi connectivity index (χ2v) is 2.79. The molecule has 0 bridgehead atoms. The SMILES string of the molecule is C[C@@]1(CO)OC[C@@H](O)[C@H]1O. The Balaban J connectivity index is 2.64. The number of aliphatic hydroxyl groups excluding tert-OH is 3. The van der Waals surface area contributed by atoms with Crippen molar-refractivity contribution in [3.05, 3.63) is 0 Å². The van der Waals surface area contributed by atoms with E-state index in [4.69, 9.17) is 14.9 Å². The molecule has 0 amide bonds. The Bertz CT molecular complexity index is 127. The molecule has 0 aromatic rings. The van der Waals surface area contributed by atoms with Gasteiger partial charge in [-0.2, -0.15) is 0 Å². The predicted molar refractivity (Wildman–Crippen MR) is 33.5 cm³/mol. The van der Waals surface area contributed by atoms with E-state index in [0.717, 1.165) is 0 Å². The molecule has 0 radical (unpaired) electrons. The van der Waals surface area contributed by atoms with E-state index in [0.29, 0.717) is 0 Å². The van der Waals surface area contributed by atoms with Gasteiger partial charge in [-0.3, -0.25) is 0 Å². The van der Waals surface area contributed by atoms with E-state index in [2.05, 4.69) is 0 Å². The molecule has 1 saturated heterocycles. The fraction of sp³-hybridized carbons (Fsp3) is 1.00. The molecule has 1 fully saturated rings. The molecular weight excluding hydrogens is 136 g/mol. The first-order valence-corrected chi connectivity index (χ1v) is 3.21. The largest absolute Gasteiger partial charge is 0.393 e. The van der Waals surface area contributed by atoms with Gasteiger partial charge < -0.3 is 20.1 Å². The summed E-state index contributed by atoms with van der Waals surface area (Å²) < 4.78 is 4.96. The van der Waals surface area contributed by atoms with E-state index in [9.17, 15) is 5.11 Å². The molecule has 1 aliphatic heterocycles. The van der Waals surface area contributed by atoms with Crippen molar-refractivity contribution in [2.45, 2.75) is 24.7 Å². The maximum atomic E-state index is 9.18. The molecule has 1 rings (SSSR count). The topological polar surface area (TPSA) is 69.9 Å². The third-order valence-electron chi connectivity index (χ3n) is 1.89. The van der Waals surface area contributed by atoms with Gasteiger partial charge in [-0.05, 0) is 6.92 Å². The number of hydrogen-bond acceptors (Lipinski definition) is 4. The van der Waals surface area contributed by atoms with Gasteiger partial charge in [0.15, 0.2) is 0 Å². The van der Waals surface area contributed by atoms with Crippen LogP contribution in [0.2, 0.25) is 0 Å².